The summed E-state index contributed by atoms with van der Waals surface area (Å²) >= 11 is 5.21. The van der Waals surface area contributed by atoms with E-state index >= 15 is 0 Å². The van der Waals surface area contributed by atoms with Gasteiger partial charge in [0.2, 0.25) is 0 Å². The largest absolute Gasteiger partial charge is 0.192 e. The molecule has 0 aliphatic rings. The van der Waals surface area contributed by atoms with Crippen LogP contribution in [0.1, 0.15) is 18.1 Å². The zero-order valence-corrected chi connectivity index (χ0v) is 10.1. The third kappa shape index (κ3) is 1.45. The van der Waals surface area contributed by atoms with Crippen LogP contribution < -0.4 is 0 Å². The number of rotatable bonds is 1. The van der Waals surface area contributed by atoms with Gasteiger partial charge in [0.05, 0.1) is 11.6 Å². The number of halogens is 1. The number of nitrogens with zero attached hydrogens (tertiary/aromatic N) is 1. The molecular weight excluding hydrogens is 258 g/mol. The van der Waals surface area contributed by atoms with E-state index in [1.54, 1.807) is 11.3 Å². The summed E-state index contributed by atoms with van der Waals surface area (Å²) in [5.74, 6) is 0. The molecule has 0 saturated carbocycles. The minimum atomic E-state index is 0.753. The van der Waals surface area contributed by atoms with E-state index in [1.807, 2.05) is 12.1 Å². The van der Waals surface area contributed by atoms with Crippen molar-refractivity contribution in [1.82, 2.24) is 0 Å². The van der Waals surface area contributed by atoms with Crippen molar-refractivity contribution >= 4 is 37.4 Å². The molecule has 0 N–H and O–H groups in total. The predicted octanol–water partition coefficient (Wildman–Crippen LogP) is 4.10. The van der Waals surface area contributed by atoms with Gasteiger partial charge in [0.1, 0.15) is 0 Å². The minimum absolute atomic E-state index is 0.753. The van der Waals surface area contributed by atoms with Crippen molar-refractivity contribution in [2.24, 2.45) is 0 Å². The Labute approximate surface area is 95.1 Å². The molecule has 0 saturated heterocycles. The molecule has 0 radical (unpaired) electrons. The van der Waals surface area contributed by atoms with Gasteiger partial charge in [-0.2, -0.15) is 5.26 Å². The van der Waals surface area contributed by atoms with Crippen LogP contribution in [0.25, 0.3) is 10.1 Å². The van der Waals surface area contributed by atoms with E-state index in [0.29, 0.717) is 0 Å². The van der Waals surface area contributed by atoms with Crippen LogP contribution in [0.5, 0.6) is 0 Å². The Hall–Kier alpha value is -0.850. The fourth-order valence-electron chi connectivity index (χ4n) is 1.55. The van der Waals surface area contributed by atoms with Crippen molar-refractivity contribution in [2.75, 3.05) is 0 Å². The molecule has 14 heavy (non-hydrogen) atoms. The summed E-state index contributed by atoms with van der Waals surface area (Å²) in [6, 6.07) is 6.11. The van der Waals surface area contributed by atoms with Crippen LogP contribution >= 0.6 is 27.3 Å². The number of aryl methyl sites for hydroxylation is 1. The molecule has 0 aliphatic carbocycles. The number of hydrogen-bond donors (Lipinski definition) is 0. The molecule has 0 bridgehead atoms. The van der Waals surface area contributed by atoms with Crippen LogP contribution in [0.4, 0.5) is 0 Å². The number of nitriles is 1. The van der Waals surface area contributed by atoms with Crippen LogP contribution in [-0.2, 0) is 6.42 Å². The predicted molar refractivity (Wildman–Crippen MR) is 63.6 cm³/mol. The van der Waals surface area contributed by atoms with Gasteiger partial charge in [0, 0.05) is 19.9 Å². The summed E-state index contributed by atoms with van der Waals surface area (Å²) < 4.78 is 2.33. The van der Waals surface area contributed by atoms with Crippen molar-refractivity contribution in [1.29, 1.82) is 5.26 Å². The topological polar surface area (TPSA) is 23.8 Å². The maximum atomic E-state index is 8.87. The van der Waals surface area contributed by atoms with Gasteiger partial charge in [-0.1, -0.05) is 6.92 Å². The molecule has 3 heteroatoms. The second-order valence-electron chi connectivity index (χ2n) is 3.06. The molecule has 0 atom stereocenters. The van der Waals surface area contributed by atoms with Gasteiger partial charge in [-0.25, -0.2) is 0 Å². The van der Waals surface area contributed by atoms with E-state index in [4.69, 9.17) is 5.26 Å². The molecule has 1 aromatic heterocycles. The Balaban J connectivity index is 2.84. The molecule has 0 spiro atoms. The lowest BCUT2D eigenvalue weighted by Crippen LogP contribution is -1.84. The summed E-state index contributed by atoms with van der Waals surface area (Å²) in [6.07, 6.45) is 0.960. The maximum Gasteiger partial charge on any atom is 0.0992 e. The first-order valence-electron chi connectivity index (χ1n) is 4.36. The second kappa shape index (κ2) is 3.72. The third-order valence-corrected chi connectivity index (χ3v) is 4.08. The number of hydrogen-bond acceptors (Lipinski definition) is 2. The number of benzene rings is 1. The molecule has 70 valence electrons. The summed E-state index contributed by atoms with van der Waals surface area (Å²) in [5, 5.41) is 12.2. The Kier molecular flexibility index (Phi) is 2.58. The van der Waals surface area contributed by atoms with Crippen LogP contribution in [-0.4, -0.2) is 0 Å². The van der Waals surface area contributed by atoms with Gasteiger partial charge in [-0.15, -0.1) is 11.3 Å². The molecule has 1 nitrogen and oxygen atoms in total. The lowest BCUT2D eigenvalue weighted by Gasteiger charge is -2.01. The number of thiophene rings is 1. The molecule has 0 aliphatic heterocycles. The highest BCUT2D eigenvalue weighted by molar-refractivity contribution is 9.10. The highest BCUT2D eigenvalue weighted by Gasteiger charge is 2.07. The van der Waals surface area contributed by atoms with Crippen LogP contribution in [0.15, 0.2) is 22.0 Å². The first-order valence-corrected chi connectivity index (χ1v) is 6.03. The van der Waals surface area contributed by atoms with E-state index in [1.165, 1.54) is 15.6 Å². The van der Waals surface area contributed by atoms with Crippen molar-refractivity contribution < 1.29 is 0 Å². The normalized spacial score (nSPS) is 10.4. The summed E-state index contributed by atoms with van der Waals surface area (Å²) in [6.45, 7) is 2.11. The first kappa shape index (κ1) is 9.70. The molecule has 1 heterocycles. The van der Waals surface area contributed by atoms with E-state index in [9.17, 15) is 0 Å². The summed E-state index contributed by atoms with van der Waals surface area (Å²) in [7, 11) is 0. The van der Waals surface area contributed by atoms with Gasteiger partial charge in [-0.3, -0.25) is 0 Å². The van der Waals surface area contributed by atoms with Crippen molar-refractivity contribution in [3.63, 3.8) is 0 Å². The molecular formula is C11H8BrNS. The average molecular weight is 266 g/mol. The Morgan fingerprint density at radius 1 is 1.50 bits per heavy atom. The van der Waals surface area contributed by atoms with Gasteiger partial charge in [0.25, 0.3) is 0 Å². The number of fused-ring (bicyclic) bond motifs is 1. The van der Waals surface area contributed by atoms with Crippen LogP contribution in [0.2, 0.25) is 0 Å². The second-order valence-corrected chi connectivity index (χ2v) is 4.82. The zero-order valence-electron chi connectivity index (χ0n) is 7.67. The monoisotopic (exact) mass is 265 g/mol. The SMILES string of the molecule is CCc1cc(C#N)cc2scc(Br)c12. The minimum Gasteiger partial charge on any atom is -0.192 e. The lowest BCUT2D eigenvalue weighted by atomic mass is 10.1. The highest BCUT2D eigenvalue weighted by atomic mass is 79.9. The van der Waals surface area contributed by atoms with E-state index in [0.717, 1.165) is 16.5 Å². The fourth-order valence-corrected chi connectivity index (χ4v) is 3.34. The molecule has 0 unspecified atom stereocenters. The highest BCUT2D eigenvalue weighted by Crippen LogP contribution is 2.34. The molecule has 2 rings (SSSR count). The standard InChI is InChI=1S/C11H8BrNS/c1-2-8-3-7(5-13)4-10-11(8)9(12)6-14-10/h3-4,6H,2H2,1H3. The Bertz CT molecular complexity index is 522. The molecule has 1 aromatic carbocycles. The maximum absolute atomic E-state index is 8.87. The molecule has 2 aromatic rings. The Morgan fingerprint density at radius 3 is 2.93 bits per heavy atom. The fraction of sp³-hybridized carbons (Fsp3) is 0.182. The lowest BCUT2D eigenvalue weighted by molar-refractivity contribution is 1.16. The van der Waals surface area contributed by atoms with E-state index in [2.05, 4.69) is 34.3 Å². The smallest absolute Gasteiger partial charge is 0.0992 e. The van der Waals surface area contributed by atoms with Crippen LogP contribution in [0.3, 0.4) is 0 Å². The first-order chi connectivity index (χ1) is 6.76. The van der Waals surface area contributed by atoms with Crippen molar-refractivity contribution in [3.05, 3.63) is 33.1 Å². The summed E-state index contributed by atoms with van der Waals surface area (Å²) in [5.41, 5.74) is 2.00. The van der Waals surface area contributed by atoms with Crippen molar-refractivity contribution in [3.8, 4) is 6.07 Å². The van der Waals surface area contributed by atoms with Crippen molar-refractivity contribution in [2.45, 2.75) is 13.3 Å². The third-order valence-electron chi connectivity index (χ3n) is 2.22. The van der Waals surface area contributed by atoms with Gasteiger partial charge in [0.15, 0.2) is 0 Å². The van der Waals surface area contributed by atoms with E-state index in [-0.39, 0.29) is 0 Å². The van der Waals surface area contributed by atoms with E-state index < -0.39 is 0 Å². The summed E-state index contributed by atoms with van der Waals surface area (Å²) in [4.78, 5) is 0. The molecule has 0 fully saturated rings. The average Bonchev–Trinajstić information content (AvgIpc) is 2.59. The van der Waals surface area contributed by atoms with Gasteiger partial charge >= 0.3 is 0 Å². The van der Waals surface area contributed by atoms with Crippen LogP contribution in [0, 0.1) is 11.3 Å². The molecule has 0 amide bonds. The van der Waals surface area contributed by atoms with Gasteiger partial charge < -0.3 is 0 Å². The zero-order chi connectivity index (χ0) is 10.1. The quantitative estimate of drug-likeness (QED) is 0.762. The Morgan fingerprint density at radius 2 is 2.29 bits per heavy atom. The van der Waals surface area contributed by atoms with Gasteiger partial charge in [-0.05, 0) is 40.0 Å².